The third kappa shape index (κ3) is 2.24. The molecule has 1 aliphatic carbocycles. The van der Waals surface area contributed by atoms with Crippen LogP contribution in [-0.4, -0.2) is 38.5 Å². The fourth-order valence-electron chi connectivity index (χ4n) is 2.85. The molecular formula is C12H18N4O. The Morgan fingerprint density at radius 3 is 3.00 bits per heavy atom. The third-order valence-electron chi connectivity index (χ3n) is 3.91. The van der Waals surface area contributed by atoms with Gasteiger partial charge in [0.2, 0.25) is 0 Å². The average Bonchev–Trinajstić information content (AvgIpc) is 2.99. The van der Waals surface area contributed by atoms with Crippen molar-refractivity contribution in [1.82, 2.24) is 19.7 Å². The summed E-state index contributed by atoms with van der Waals surface area (Å²) in [6, 6.07) is 0. The standard InChI is InChI=1S/C12H18N4O/c17-11(10-3-1-2-4-10)7-15-5-6-16-9-13-14-12(16)8-15/h9-10H,1-8H2. The van der Waals surface area contributed by atoms with Crippen LogP contribution < -0.4 is 0 Å². The highest BCUT2D eigenvalue weighted by molar-refractivity contribution is 5.83. The number of rotatable bonds is 3. The number of hydrogen-bond acceptors (Lipinski definition) is 4. The molecule has 0 saturated heterocycles. The Hall–Kier alpha value is -1.23. The van der Waals surface area contributed by atoms with E-state index in [0.717, 1.165) is 38.3 Å². The number of carbonyl (C=O) groups is 1. The van der Waals surface area contributed by atoms with Gasteiger partial charge in [0.15, 0.2) is 0 Å². The van der Waals surface area contributed by atoms with Gasteiger partial charge in [0.05, 0.1) is 13.1 Å². The zero-order valence-corrected chi connectivity index (χ0v) is 10.0. The first-order valence-electron chi connectivity index (χ1n) is 6.44. The molecule has 2 heterocycles. The van der Waals surface area contributed by atoms with Gasteiger partial charge in [0, 0.05) is 19.0 Å². The molecule has 0 spiro atoms. The molecular weight excluding hydrogens is 216 g/mol. The molecule has 5 nitrogen and oxygen atoms in total. The van der Waals surface area contributed by atoms with Crippen molar-refractivity contribution in [3.8, 4) is 0 Å². The van der Waals surface area contributed by atoms with E-state index in [-0.39, 0.29) is 0 Å². The molecule has 0 bridgehead atoms. The van der Waals surface area contributed by atoms with Crippen LogP contribution in [0.1, 0.15) is 31.5 Å². The number of carbonyl (C=O) groups excluding carboxylic acids is 1. The minimum absolute atomic E-state index is 0.329. The number of fused-ring (bicyclic) bond motifs is 1. The van der Waals surface area contributed by atoms with Gasteiger partial charge in [-0.05, 0) is 12.8 Å². The van der Waals surface area contributed by atoms with E-state index >= 15 is 0 Å². The van der Waals surface area contributed by atoms with Crippen LogP contribution in [0.15, 0.2) is 6.33 Å². The zero-order valence-electron chi connectivity index (χ0n) is 10.0. The van der Waals surface area contributed by atoms with Gasteiger partial charge in [-0.2, -0.15) is 0 Å². The van der Waals surface area contributed by atoms with Crippen molar-refractivity contribution < 1.29 is 4.79 Å². The quantitative estimate of drug-likeness (QED) is 0.778. The van der Waals surface area contributed by atoms with Crippen LogP contribution in [0.3, 0.4) is 0 Å². The lowest BCUT2D eigenvalue weighted by Crippen LogP contribution is -2.38. The Morgan fingerprint density at radius 1 is 1.35 bits per heavy atom. The van der Waals surface area contributed by atoms with E-state index in [2.05, 4.69) is 19.7 Å². The predicted octanol–water partition coefficient (Wildman–Crippen LogP) is 0.853. The summed E-state index contributed by atoms with van der Waals surface area (Å²) in [6.07, 6.45) is 6.42. The predicted molar refractivity (Wildman–Crippen MR) is 62.3 cm³/mol. The Kier molecular flexibility index (Phi) is 2.93. The van der Waals surface area contributed by atoms with Crippen molar-refractivity contribution >= 4 is 5.78 Å². The van der Waals surface area contributed by atoms with E-state index in [1.54, 1.807) is 6.33 Å². The van der Waals surface area contributed by atoms with Crippen LogP contribution in [-0.2, 0) is 17.9 Å². The summed E-state index contributed by atoms with van der Waals surface area (Å²) >= 11 is 0. The largest absolute Gasteiger partial charge is 0.315 e. The summed E-state index contributed by atoms with van der Waals surface area (Å²) in [4.78, 5) is 14.3. The normalized spacial score (nSPS) is 21.6. The van der Waals surface area contributed by atoms with E-state index in [0.29, 0.717) is 18.2 Å². The van der Waals surface area contributed by atoms with Crippen molar-refractivity contribution in [2.75, 3.05) is 13.1 Å². The van der Waals surface area contributed by atoms with Crippen molar-refractivity contribution in [3.05, 3.63) is 12.2 Å². The van der Waals surface area contributed by atoms with Crippen molar-refractivity contribution in [2.45, 2.75) is 38.8 Å². The Morgan fingerprint density at radius 2 is 2.18 bits per heavy atom. The van der Waals surface area contributed by atoms with Crippen LogP contribution in [0.2, 0.25) is 0 Å². The summed E-state index contributed by atoms with van der Waals surface area (Å²) in [5.74, 6) is 1.74. The molecule has 0 atom stereocenters. The van der Waals surface area contributed by atoms with Gasteiger partial charge in [0.1, 0.15) is 17.9 Å². The maximum Gasteiger partial charge on any atom is 0.149 e. The Bertz CT molecular complexity index is 408. The highest BCUT2D eigenvalue weighted by Crippen LogP contribution is 2.26. The van der Waals surface area contributed by atoms with Gasteiger partial charge in [-0.25, -0.2) is 0 Å². The molecule has 1 saturated carbocycles. The van der Waals surface area contributed by atoms with E-state index in [9.17, 15) is 4.79 Å². The molecule has 2 aliphatic rings. The van der Waals surface area contributed by atoms with E-state index in [1.807, 2.05) is 0 Å². The van der Waals surface area contributed by atoms with Crippen molar-refractivity contribution in [2.24, 2.45) is 5.92 Å². The molecule has 1 aromatic heterocycles. The fourth-order valence-corrected chi connectivity index (χ4v) is 2.85. The fraction of sp³-hybridized carbons (Fsp3) is 0.750. The zero-order chi connectivity index (χ0) is 11.7. The SMILES string of the molecule is O=C(CN1CCn2cnnc2C1)C1CCCC1. The monoisotopic (exact) mass is 234 g/mol. The highest BCUT2D eigenvalue weighted by atomic mass is 16.1. The number of ketones is 1. The molecule has 1 fully saturated rings. The molecule has 92 valence electrons. The molecule has 0 radical (unpaired) electrons. The second kappa shape index (κ2) is 4.56. The Balaban J connectivity index is 1.58. The minimum Gasteiger partial charge on any atom is -0.315 e. The third-order valence-corrected chi connectivity index (χ3v) is 3.91. The van der Waals surface area contributed by atoms with Gasteiger partial charge in [-0.3, -0.25) is 9.69 Å². The maximum absolute atomic E-state index is 12.1. The molecule has 1 aromatic rings. The van der Waals surface area contributed by atoms with Crippen LogP contribution in [0.25, 0.3) is 0 Å². The van der Waals surface area contributed by atoms with Crippen LogP contribution in [0.5, 0.6) is 0 Å². The van der Waals surface area contributed by atoms with E-state index in [4.69, 9.17) is 0 Å². The molecule has 1 aliphatic heterocycles. The average molecular weight is 234 g/mol. The van der Waals surface area contributed by atoms with Gasteiger partial charge in [-0.1, -0.05) is 12.8 Å². The molecule has 5 heteroatoms. The lowest BCUT2D eigenvalue weighted by molar-refractivity contribution is -0.124. The lowest BCUT2D eigenvalue weighted by Gasteiger charge is -2.27. The highest BCUT2D eigenvalue weighted by Gasteiger charge is 2.26. The number of Topliss-reactive ketones (excluding diaryl/α,β-unsaturated/α-hetero) is 1. The second-order valence-corrected chi connectivity index (χ2v) is 5.10. The molecule has 0 aromatic carbocycles. The van der Waals surface area contributed by atoms with Crippen LogP contribution in [0.4, 0.5) is 0 Å². The van der Waals surface area contributed by atoms with E-state index < -0.39 is 0 Å². The molecule has 0 unspecified atom stereocenters. The topological polar surface area (TPSA) is 51.0 Å². The second-order valence-electron chi connectivity index (χ2n) is 5.10. The maximum atomic E-state index is 12.1. The smallest absolute Gasteiger partial charge is 0.149 e. The summed E-state index contributed by atoms with van der Waals surface area (Å²) in [5.41, 5.74) is 0. The number of hydrogen-bond donors (Lipinski definition) is 0. The minimum atomic E-state index is 0.329. The number of nitrogens with zero attached hydrogens (tertiary/aromatic N) is 4. The van der Waals surface area contributed by atoms with Crippen molar-refractivity contribution in [3.63, 3.8) is 0 Å². The Labute approximate surface area is 101 Å². The summed E-state index contributed by atoms with van der Waals surface area (Å²) < 4.78 is 2.07. The first-order chi connectivity index (χ1) is 8.33. The van der Waals surface area contributed by atoms with Crippen LogP contribution in [0, 0.1) is 5.92 Å². The van der Waals surface area contributed by atoms with E-state index in [1.165, 1.54) is 12.8 Å². The summed E-state index contributed by atoms with van der Waals surface area (Å²) in [7, 11) is 0. The molecule has 0 N–H and O–H groups in total. The van der Waals surface area contributed by atoms with Gasteiger partial charge >= 0.3 is 0 Å². The summed E-state index contributed by atoms with van der Waals surface area (Å²) in [5, 5.41) is 7.97. The first kappa shape index (κ1) is 10.9. The van der Waals surface area contributed by atoms with Gasteiger partial charge in [0.25, 0.3) is 0 Å². The molecule has 0 amide bonds. The summed E-state index contributed by atoms with van der Waals surface area (Å²) in [6.45, 7) is 3.19. The molecule has 3 rings (SSSR count). The van der Waals surface area contributed by atoms with Gasteiger partial charge in [-0.15, -0.1) is 10.2 Å². The lowest BCUT2D eigenvalue weighted by atomic mass is 10.0. The van der Waals surface area contributed by atoms with Crippen molar-refractivity contribution in [1.29, 1.82) is 0 Å². The van der Waals surface area contributed by atoms with Gasteiger partial charge < -0.3 is 4.57 Å². The first-order valence-corrected chi connectivity index (χ1v) is 6.44. The number of aromatic nitrogens is 3. The van der Waals surface area contributed by atoms with Crippen LogP contribution >= 0.6 is 0 Å². The molecule has 17 heavy (non-hydrogen) atoms.